The number of rotatable bonds is 5. The van der Waals surface area contributed by atoms with Gasteiger partial charge in [0.2, 0.25) is 0 Å². The molecule has 0 heterocycles. The molecule has 1 N–H and O–H groups in total. The quantitative estimate of drug-likeness (QED) is 0.917. The molecule has 0 radical (unpaired) electrons. The summed E-state index contributed by atoms with van der Waals surface area (Å²) < 4.78 is 38.9. The first kappa shape index (κ1) is 16.0. The topological polar surface area (TPSA) is 74.7 Å². The van der Waals surface area contributed by atoms with Gasteiger partial charge in [-0.15, -0.1) is 0 Å². The Balaban J connectivity index is 2.50. The van der Waals surface area contributed by atoms with Crippen molar-refractivity contribution in [3.05, 3.63) is 59.9 Å². The predicted molar refractivity (Wildman–Crippen MR) is 79.7 cm³/mol. The number of halogens is 1. The van der Waals surface area contributed by atoms with Gasteiger partial charge in [-0.2, -0.15) is 0 Å². The number of carbonyl (C=O) groups is 1. The normalized spacial score (nSPS) is 11.2. The van der Waals surface area contributed by atoms with E-state index in [-0.39, 0.29) is 10.6 Å². The van der Waals surface area contributed by atoms with Crippen LogP contribution in [-0.4, -0.2) is 26.0 Å². The summed E-state index contributed by atoms with van der Waals surface area (Å²) >= 11 is 0. The van der Waals surface area contributed by atoms with Crippen molar-refractivity contribution in [2.24, 2.45) is 0 Å². The first-order valence-corrected chi connectivity index (χ1v) is 7.81. The van der Waals surface area contributed by atoms with Crippen molar-refractivity contribution in [1.82, 2.24) is 0 Å². The number of aryl methyl sites for hydroxylation is 1. The summed E-state index contributed by atoms with van der Waals surface area (Å²) in [6.45, 7) is 1.11. The molecule has 0 aromatic heterocycles. The van der Waals surface area contributed by atoms with Crippen molar-refractivity contribution in [3.63, 3.8) is 0 Å². The maximum absolute atomic E-state index is 13.0. The molecular weight excluding hydrogens is 309 g/mol. The van der Waals surface area contributed by atoms with Crippen LogP contribution >= 0.6 is 0 Å². The Morgan fingerprint density at radius 3 is 2.14 bits per heavy atom. The van der Waals surface area contributed by atoms with Crippen LogP contribution in [0.4, 0.5) is 10.1 Å². The number of benzene rings is 2. The van der Waals surface area contributed by atoms with Gasteiger partial charge in [0.05, 0.1) is 10.6 Å². The van der Waals surface area contributed by atoms with Crippen LogP contribution in [0, 0.1) is 12.7 Å². The lowest BCUT2D eigenvalue weighted by Crippen LogP contribution is -2.35. The Morgan fingerprint density at radius 2 is 1.64 bits per heavy atom. The van der Waals surface area contributed by atoms with E-state index >= 15 is 0 Å². The number of aliphatic carboxylic acids is 1. The van der Waals surface area contributed by atoms with Gasteiger partial charge in [0, 0.05) is 0 Å². The summed E-state index contributed by atoms with van der Waals surface area (Å²) in [5, 5.41) is 8.99. The number of carboxylic acid groups (broad SMARTS) is 1. The SMILES string of the molecule is Cc1ccc(N(CC(=O)O)S(=O)(=O)c2ccc(F)cc2)cc1. The second-order valence-corrected chi connectivity index (χ2v) is 6.56. The second kappa shape index (κ2) is 6.15. The molecule has 2 aromatic rings. The highest BCUT2D eigenvalue weighted by molar-refractivity contribution is 7.92. The van der Waals surface area contributed by atoms with E-state index in [1.165, 1.54) is 12.1 Å². The highest BCUT2D eigenvalue weighted by atomic mass is 32.2. The highest BCUT2D eigenvalue weighted by Gasteiger charge is 2.27. The molecule has 0 aliphatic heterocycles. The van der Waals surface area contributed by atoms with E-state index in [0.717, 1.165) is 34.1 Å². The lowest BCUT2D eigenvalue weighted by atomic mass is 10.2. The molecule has 7 heteroatoms. The van der Waals surface area contributed by atoms with Gasteiger partial charge in [0.25, 0.3) is 10.0 Å². The lowest BCUT2D eigenvalue weighted by Gasteiger charge is -2.22. The standard InChI is InChI=1S/C15H14FNO4S/c1-11-2-6-13(7-3-11)17(10-15(18)19)22(20,21)14-8-4-12(16)5-9-14/h2-9H,10H2,1H3,(H,18,19). The Bertz CT molecular complexity index is 770. The second-order valence-electron chi connectivity index (χ2n) is 4.69. The van der Waals surface area contributed by atoms with Gasteiger partial charge >= 0.3 is 5.97 Å². The third-order valence-electron chi connectivity index (χ3n) is 3.00. The van der Waals surface area contributed by atoms with Crippen molar-refractivity contribution >= 4 is 21.7 Å². The van der Waals surface area contributed by atoms with Gasteiger partial charge in [0.1, 0.15) is 12.4 Å². The van der Waals surface area contributed by atoms with E-state index < -0.39 is 28.4 Å². The van der Waals surface area contributed by atoms with E-state index in [9.17, 15) is 17.6 Å². The van der Waals surface area contributed by atoms with Gasteiger partial charge < -0.3 is 5.11 Å². The minimum atomic E-state index is -4.09. The number of sulfonamides is 1. The van der Waals surface area contributed by atoms with Gasteiger partial charge in [-0.3, -0.25) is 9.10 Å². The third-order valence-corrected chi connectivity index (χ3v) is 4.79. The summed E-state index contributed by atoms with van der Waals surface area (Å²) in [6.07, 6.45) is 0. The van der Waals surface area contributed by atoms with Crippen molar-refractivity contribution in [2.75, 3.05) is 10.8 Å². The average molecular weight is 323 g/mol. The molecule has 0 saturated heterocycles. The predicted octanol–water partition coefficient (Wildman–Crippen LogP) is 2.41. The Labute approximate surface area is 127 Å². The Kier molecular flexibility index (Phi) is 4.46. The van der Waals surface area contributed by atoms with E-state index in [1.54, 1.807) is 12.1 Å². The van der Waals surface area contributed by atoms with E-state index in [2.05, 4.69) is 0 Å². The number of carboxylic acids is 1. The monoisotopic (exact) mass is 323 g/mol. The van der Waals surface area contributed by atoms with E-state index in [4.69, 9.17) is 5.11 Å². The zero-order valence-corrected chi connectivity index (χ0v) is 12.5. The minimum absolute atomic E-state index is 0.171. The molecule has 0 spiro atoms. The average Bonchev–Trinajstić information content (AvgIpc) is 2.46. The lowest BCUT2D eigenvalue weighted by molar-refractivity contribution is -0.135. The molecule has 5 nitrogen and oxygen atoms in total. The zero-order valence-electron chi connectivity index (χ0n) is 11.7. The van der Waals surface area contributed by atoms with Gasteiger partial charge in [-0.05, 0) is 43.3 Å². The summed E-state index contributed by atoms with van der Waals surface area (Å²) in [4.78, 5) is 10.8. The van der Waals surface area contributed by atoms with Crippen LogP contribution in [0.5, 0.6) is 0 Å². The molecule has 22 heavy (non-hydrogen) atoms. The van der Waals surface area contributed by atoms with Crippen molar-refractivity contribution in [2.45, 2.75) is 11.8 Å². The number of anilines is 1. The van der Waals surface area contributed by atoms with Gasteiger partial charge in [-0.1, -0.05) is 17.7 Å². The highest BCUT2D eigenvalue weighted by Crippen LogP contribution is 2.24. The number of nitrogens with zero attached hydrogens (tertiary/aromatic N) is 1. The number of hydrogen-bond donors (Lipinski definition) is 1. The molecule has 0 aliphatic carbocycles. The molecule has 0 fully saturated rings. The smallest absolute Gasteiger partial charge is 0.324 e. The minimum Gasteiger partial charge on any atom is -0.480 e. The molecule has 0 unspecified atom stereocenters. The third kappa shape index (κ3) is 3.43. The molecule has 0 aliphatic rings. The van der Waals surface area contributed by atoms with Gasteiger partial charge in [0.15, 0.2) is 0 Å². The van der Waals surface area contributed by atoms with Crippen LogP contribution in [0.2, 0.25) is 0 Å². The zero-order chi connectivity index (χ0) is 16.3. The van der Waals surface area contributed by atoms with Crippen molar-refractivity contribution in [1.29, 1.82) is 0 Å². The maximum atomic E-state index is 13.0. The molecule has 0 saturated carbocycles. The molecule has 2 aromatic carbocycles. The molecular formula is C15H14FNO4S. The van der Waals surface area contributed by atoms with Crippen LogP contribution in [0.1, 0.15) is 5.56 Å². The summed E-state index contributed by atoms with van der Waals surface area (Å²) in [5.41, 5.74) is 1.15. The summed E-state index contributed by atoms with van der Waals surface area (Å²) in [6, 6.07) is 10.7. The fraction of sp³-hybridized carbons (Fsp3) is 0.133. The Morgan fingerprint density at radius 1 is 1.09 bits per heavy atom. The largest absolute Gasteiger partial charge is 0.480 e. The van der Waals surface area contributed by atoms with Crippen LogP contribution in [-0.2, 0) is 14.8 Å². The summed E-state index contributed by atoms with van der Waals surface area (Å²) in [7, 11) is -4.09. The molecule has 0 atom stereocenters. The molecule has 2 rings (SSSR count). The van der Waals surface area contributed by atoms with Crippen LogP contribution in [0.15, 0.2) is 53.4 Å². The molecule has 0 amide bonds. The fourth-order valence-electron chi connectivity index (χ4n) is 1.88. The first-order valence-electron chi connectivity index (χ1n) is 6.37. The van der Waals surface area contributed by atoms with Crippen LogP contribution in [0.3, 0.4) is 0 Å². The van der Waals surface area contributed by atoms with Crippen LogP contribution in [0.25, 0.3) is 0 Å². The van der Waals surface area contributed by atoms with Crippen molar-refractivity contribution in [3.8, 4) is 0 Å². The van der Waals surface area contributed by atoms with Crippen molar-refractivity contribution < 1.29 is 22.7 Å². The fourth-order valence-corrected chi connectivity index (χ4v) is 3.30. The van der Waals surface area contributed by atoms with Crippen LogP contribution < -0.4 is 4.31 Å². The number of hydrogen-bond acceptors (Lipinski definition) is 3. The van der Waals surface area contributed by atoms with E-state index in [1.807, 2.05) is 6.92 Å². The molecule has 0 bridgehead atoms. The van der Waals surface area contributed by atoms with Gasteiger partial charge in [-0.25, -0.2) is 12.8 Å². The maximum Gasteiger partial charge on any atom is 0.324 e. The molecule has 116 valence electrons. The first-order chi connectivity index (χ1) is 10.3. The summed E-state index contributed by atoms with van der Waals surface area (Å²) in [5.74, 6) is -1.86. The Hall–Kier alpha value is -2.41. The van der Waals surface area contributed by atoms with E-state index in [0.29, 0.717) is 0 Å².